The van der Waals surface area contributed by atoms with Crippen molar-refractivity contribution in [3.8, 4) is 23.0 Å². The van der Waals surface area contributed by atoms with E-state index in [0.29, 0.717) is 34.1 Å². The Labute approximate surface area is 180 Å². The number of primary amides is 1. The molecule has 3 aromatic carbocycles. The zero-order valence-corrected chi connectivity index (χ0v) is 17.5. The lowest BCUT2D eigenvalue weighted by Crippen LogP contribution is -2.26. The molecule has 31 heavy (non-hydrogen) atoms. The molecule has 0 aliphatic carbocycles. The first-order chi connectivity index (χ1) is 14.9. The minimum Gasteiger partial charge on any atom is -0.493 e. The van der Waals surface area contributed by atoms with Gasteiger partial charge >= 0.3 is 0 Å². The number of benzene rings is 3. The molecule has 0 aliphatic rings. The number of hydrogen-bond acceptors (Lipinski definition) is 5. The first-order valence-electron chi connectivity index (χ1n) is 9.62. The van der Waals surface area contributed by atoms with Crippen LogP contribution in [0, 0.1) is 0 Å². The standard InChI is InChI=1S/C24H24N2O5/c1-15(18-8-13-21(29-2)22(14-18)30-3)26-24(28)17-6-11-20(12-7-17)31-19-9-4-16(5-10-19)23(25)27/h4-15H,1-3H3,(H2,25,27)(H,26,28). The Bertz CT molecular complexity index is 1060. The van der Waals surface area contributed by atoms with Crippen LogP contribution in [0.25, 0.3) is 0 Å². The maximum absolute atomic E-state index is 12.6. The van der Waals surface area contributed by atoms with Gasteiger partial charge in [0, 0.05) is 11.1 Å². The van der Waals surface area contributed by atoms with Crippen molar-refractivity contribution in [3.63, 3.8) is 0 Å². The largest absolute Gasteiger partial charge is 0.493 e. The van der Waals surface area contributed by atoms with E-state index in [2.05, 4.69) is 5.32 Å². The van der Waals surface area contributed by atoms with Gasteiger partial charge in [-0.3, -0.25) is 9.59 Å². The van der Waals surface area contributed by atoms with E-state index in [1.807, 2.05) is 19.1 Å². The second-order valence-electron chi connectivity index (χ2n) is 6.82. The highest BCUT2D eigenvalue weighted by Crippen LogP contribution is 2.30. The molecule has 0 saturated heterocycles. The Morgan fingerprint density at radius 3 is 1.87 bits per heavy atom. The molecule has 3 aromatic rings. The van der Waals surface area contributed by atoms with Crippen molar-refractivity contribution in [1.29, 1.82) is 0 Å². The Morgan fingerprint density at radius 1 is 0.806 bits per heavy atom. The van der Waals surface area contributed by atoms with Crippen molar-refractivity contribution >= 4 is 11.8 Å². The Hall–Kier alpha value is -4.00. The molecule has 0 aromatic heterocycles. The molecule has 0 radical (unpaired) electrons. The molecule has 0 heterocycles. The average molecular weight is 420 g/mol. The average Bonchev–Trinajstić information content (AvgIpc) is 2.79. The third kappa shape index (κ3) is 5.33. The molecule has 3 rings (SSSR count). The predicted octanol–water partition coefficient (Wildman–Crippen LogP) is 4.09. The van der Waals surface area contributed by atoms with E-state index in [1.165, 1.54) is 0 Å². The zero-order valence-electron chi connectivity index (χ0n) is 17.5. The Morgan fingerprint density at radius 2 is 1.35 bits per heavy atom. The third-order valence-corrected chi connectivity index (χ3v) is 4.75. The highest BCUT2D eigenvalue weighted by atomic mass is 16.5. The molecule has 0 spiro atoms. The molecule has 2 amide bonds. The smallest absolute Gasteiger partial charge is 0.251 e. The van der Waals surface area contributed by atoms with Crippen LogP contribution in [-0.4, -0.2) is 26.0 Å². The highest BCUT2D eigenvalue weighted by Gasteiger charge is 2.14. The monoisotopic (exact) mass is 420 g/mol. The van der Waals surface area contributed by atoms with Gasteiger partial charge in [-0.1, -0.05) is 6.07 Å². The molecule has 0 saturated carbocycles. The first-order valence-corrected chi connectivity index (χ1v) is 9.62. The molecular formula is C24H24N2O5. The van der Waals surface area contributed by atoms with Crippen molar-refractivity contribution in [1.82, 2.24) is 5.32 Å². The van der Waals surface area contributed by atoms with Crippen molar-refractivity contribution < 1.29 is 23.8 Å². The van der Waals surface area contributed by atoms with Crippen LogP contribution in [0.3, 0.4) is 0 Å². The fourth-order valence-electron chi connectivity index (χ4n) is 2.98. The van der Waals surface area contributed by atoms with Crippen LogP contribution in [0.2, 0.25) is 0 Å². The van der Waals surface area contributed by atoms with Gasteiger partial charge in [-0.15, -0.1) is 0 Å². The SMILES string of the molecule is COc1ccc(C(C)NC(=O)c2ccc(Oc3ccc(C(N)=O)cc3)cc2)cc1OC. The molecule has 0 bridgehead atoms. The molecule has 160 valence electrons. The van der Waals surface area contributed by atoms with Gasteiger partial charge in [0.05, 0.1) is 20.3 Å². The van der Waals surface area contributed by atoms with E-state index in [1.54, 1.807) is 68.8 Å². The van der Waals surface area contributed by atoms with Crippen molar-refractivity contribution in [2.45, 2.75) is 13.0 Å². The zero-order chi connectivity index (χ0) is 22.4. The van der Waals surface area contributed by atoms with Crippen LogP contribution in [0.1, 0.15) is 39.2 Å². The number of hydrogen-bond donors (Lipinski definition) is 2. The van der Waals surface area contributed by atoms with E-state index in [-0.39, 0.29) is 11.9 Å². The molecule has 1 unspecified atom stereocenters. The summed E-state index contributed by atoms with van der Waals surface area (Å²) in [7, 11) is 3.15. The lowest BCUT2D eigenvalue weighted by molar-refractivity contribution is 0.0938. The summed E-state index contributed by atoms with van der Waals surface area (Å²) >= 11 is 0. The number of methoxy groups -OCH3 is 2. The van der Waals surface area contributed by atoms with Gasteiger partial charge in [0.1, 0.15) is 11.5 Å². The first kappa shape index (κ1) is 21.7. The Balaban J connectivity index is 1.64. The molecular weight excluding hydrogens is 396 g/mol. The normalized spacial score (nSPS) is 11.3. The maximum atomic E-state index is 12.6. The number of nitrogens with two attached hydrogens (primary N) is 1. The Kier molecular flexibility index (Phi) is 6.77. The van der Waals surface area contributed by atoms with Crippen LogP contribution in [-0.2, 0) is 0 Å². The number of rotatable bonds is 8. The quantitative estimate of drug-likeness (QED) is 0.572. The minimum atomic E-state index is -0.496. The number of carbonyl (C=O) groups is 2. The van der Waals surface area contributed by atoms with Gasteiger partial charge in [-0.05, 0) is 73.2 Å². The number of amides is 2. The minimum absolute atomic E-state index is 0.209. The lowest BCUT2D eigenvalue weighted by Gasteiger charge is -2.17. The van der Waals surface area contributed by atoms with Crippen LogP contribution >= 0.6 is 0 Å². The summed E-state index contributed by atoms with van der Waals surface area (Å²) in [4.78, 5) is 23.8. The molecule has 0 aliphatic heterocycles. The molecule has 0 fully saturated rings. The van der Waals surface area contributed by atoms with Gasteiger partial charge in [0.15, 0.2) is 11.5 Å². The lowest BCUT2D eigenvalue weighted by atomic mass is 10.1. The molecule has 7 heteroatoms. The van der Waals surface area contributed by atoms with Gasteiger partial charge in [-0.25, -0.2) is 0 Å². The summed E-state index contributed by atoms with van der Waals surface area (Å²) in [6.07, 6.45) is 0. The molecule has 1 atom stereocenters. The van der Waals surface area contributed by atoms with Crippen LogP contribution in [0.4, 0.5) is 0 Å². The van der Waals surface area contributed by atoms with E-state index in [4.69, 9.17) is 19.9 Å². The summed E-state index contributed by atoms with van der Waals surface area (Å²) in [6.45, 7) is 1.90. The summed E-state index contributed by atoms with van der Waals surface area (Å²) in [5.41, 5.74) is 7.03. The van der Waals surface area contributed by atoms with E-state index < -0.39 is 5.91 Å². The maximum Gasteiger partial charge on any atom is 0.251 e. The number of nitrogens with one attached hydrogen (secondary N) is 1. The fourth-order valence-corrected chi connectivity index (χ4v) is 2.98. The number of ether oxygens (including phenoxy) is 3. The van der Waals surface area contributed by atoms with E-state index in [0.717, 1.165) is 5.56 Å². The topological polar surface area (TPSA) is 99.9 Å². The van der Waals surface area contributed by atoms with Crippen LogP contribution < -0.4 is 25.3 Å². The summed E-state index contributed by atoms with van der Waals surface area (Å²) in [5.74, 6) is 1.65. The highest BCUT2D eigenvalue weighted by molar-refractivity contribution is 5.94. The summed E-state index contributed by atoms with van der Waals surface area (Å²) in [5, 5.41) is 2.97. The number of carbonyl (C=O) groups excluding carboxylic acids is 2. The van der Waals surface area contributed by atoms with Crippen molar-refractivity contribution in [2.75, 3.05) is 14.2 Å². The molecule has 7 nitrogen and oxygen atoms in total. The fraction of sp³-hybridized carbons (Fsp3) is 0.167. The van der Waals surface area contributed by atoms with Crippen molar-refractivity contribution in [3.05, 3.63) is 83.4 Å². The van der Waals surface area contributed by atoms with E-state index >= 15 is 0 Å². The summed E-state index contributed by atoms with van der Waals surface area (Å²) < 4.78 is 16.3. The second kappa shape index (κ2) is 9.67. The van der Waals surface area contributed by atoms with Crippen LogP contribution in [0.15, 0.2) is 66.7 Å². The van der Waals surface area contributed by atoms with Crippen molar-refractivity contribution in [2.24, 2.45) is 5.73 Å². The predicted molar refractivity (Wildman–Crippen MR) is 117 cm³/mol. The van der Waals surface area contributed by atoms with Gasteiger partial charge in [-0.2, -0.15) is 0 Å². The molecule has 3 N–H and O–H groups in total. The van der Waals surface area contributed by atoms with Crippen LogP contribution in [0.5, 0.6) is 23.0 Å². The van der Waals surface area contributed by atoms with Gasteiger partial charge < -0.3 is 25.3 Å². The van der Waals surface area contributed by atoms with E-state index in [9.17, 15) is 9.59 Å². The third-order valence-electron chi connectivity index (χ3n) is 4.75. The summed E-state index contributed by atoms with van der Waals surface area (Å²) in [6, 6.07) is 18.6. The van der Waals surface area contributed by atoms with Gasteiger partial charge in [0.25, 0.3) is 5.91 Å². The van der Waals surface area contributed by atoms with Gasteiger partial charge in [0.2, 0.25) is 5.91 Å². The second-order valence-corrected chi connectivity index (χ2v) is 6.82.